The first-order valence-electron chi connectivity index (χ1n) is 7.66. The summed E-state index contributed by atoms with van der Waals surface area (Å²) in [7, 11) is 0. The van der Waals surface area contributed by atoms with Crippen molar-refractivity contribution in [2.45, 2.75) is 32.5 Å². The Balaban J connectivity index is 2.51. The molecule has 1 aromatic carbocycles. The van der Waals surface area contributed by atoms with Crippen molar-refractivity contribution in [3.8, 4) is 0 Å². The van der Waals surface area contributed by atoms with Crippen molar-refractivity contribution in [3.05, 3.63) is 35.1 Å². The van der Waals surface area contributed by atoms with E-state index < -0.39 is 23.6 Å². The SMILES string of the molecule is CCC(C)[C@@H](c1c(F)cccc1C(F)(F)F)N1CCNCC1. The monoisotopic (exact) mass is 318 g/mol. The molecular formula is C16H22F4N2. The summed E-state index contributed by atoms with van der Waals surface area (Å²) in [5, 5.41) is 3.18. The average Bonchev–Trinajstić information content (AvgIpc) is 2.49. The predicted octanol–water partition coefficient (Wildman–Crippen LogP) is 3.84. The summed E-state index contributed by atoms with van der Waals surface area (Å²) in [6, 6.07) is 2.69. The van der Waals surface area contributed by atoms with Gasteiger partial charge in [0, 0.05) is 37.8 Å². The molecule has 2 nitrogen and oxygen atoms in total. The molecule has 6 heteroatoms. The van der Waals surface area contributed by atoms with Gasteiger partial charge >= 0.3 is 6.18 Å². The lowest BCUT2D eigenvalue weighted by Crippen LogP contribution is -2.47. The van der Waals surface area contributed by atoms with Gasteiger partial charge in [-0.05, 0) is 18.1 Å². The fourth-order valence-corrected chi connectivity index (χ4v) is 3.10. The Kier molecular flexibility index (Phi) is 5.45. The van der Waals surface area contributed by atoms with Crippen LogP contribution in [0.2, 0.25) is 0 Å². The van der Waals surface area contributed by atoms with Gasteiger partial charge in [0.05, 0.1) is 5.56 Å². The highest BCUT2D eigenvalue weighted by Crippen LogP contribution is 2.41. The highest BCUT2D eigenvalue weighted by Gasteiger charge is 2.39. The van der Waals surface area contributed by atoms with E-state index in [1.807, 2.05) is 18.7 Å². The fraction of sp³-hybridized carbons (Fsp3) is 0.625. The second-order valence-electron chi connectivity index (χ2n) is 5.82. The third-order valence-electron chi connectivity index (χ3n) is 4.38. The number of rotatable bonds is 4. The Morgan fingerprint density at radius 1 is 1.23 bits per heavy atom. The van der Waals surface area contributed by atoms with E-state index in [4.69, 9.17) is 0 Å². The summed E-state index contributed by atoms with van der Waals surface area (Å²) in [4.78, 5) is 1.97. The lowest BCUT2D eigenvalue weighted by Gasteiger charge is -2.39. The minimum absolute atomic E-state index is 0.0592. The minimum Gasteiger partial charge on any atom is -0.314 e. The molecule has 0 saturated carbocycles. The maximum atomic E-state index is 14.3. The van der Waals surface area contributed by atoms with E-state index in [0.29, 0.717) is 32.6 Å². The number of nitrogens with zero attached hydrogens (tertiary/aromatic N) is 1. The molecule has 0 aromatic heterocycles. The van der Waals surface area contributed by atoms with Crippen LogP contribution in [0.15, 0.2) is 18.2 Å². The number of piperazine rings is 1. The first-order chi connectivity index (χ1) is 10.4. The van der Waals surface area contributed by atoms with Crippen LogP contribution in [-0.2, 0) is 6.18 Å². The summed E-state index contributed by atoms with van der Waals surface area (Å²) in [6.07, 6.45) is -3.85. The lowest BCUT2D eigenvalue weighted by molar-refractivity contribution is -0.139. The molecule has 0 radical (unpaired) electrons. The molecule has 1 unspecified atom stereocenters. The molecule has 1 aliphatic heterocycles. The Morgan fingerprint density at radius 2 is 1.86 bits per heavy atom. The molecule has 1 fully saturated rings. The van der Waals surface area contributed by atoms with Crippen LogP contribution in [0.4, 0.5) is 17.6 Å². The topological polar surface area (TPSA) is 15.3 Å². The normalized spacial score (nSPS) is 19.9. The Labute approximate surface area is 128 Å². The molecule has 1 aliphatic rings. The van der Waals surface area contributed by atoms with Crippen molar-refractivity contribution in [2.24, 2.45) is 5.92 Å². The van der Waals surface area contributed by atoms with E-state index in [1.165, 1.54) is 0 Å². The third-order valence-corrected chi connectivity index (χ3v) is 4.38. The fourth-order valence-electron chi connectivity index (χ4n) is 3.10. The molecule has 1 heterocycles. The number of nitrogens with one attached hydrogen (secondary N) is 1. The van der Waals surface area contributed by atoms with Crippen LogP contribution in [-0.4, -0.2) is 31.1 Å². The van der Waals surface area contributed by atoms with E-state index in [-0.39, 0.29) is 11.5 Å². The summed E-state index contributed by atoms with van der Waals surface area (Å²) in [6.45, 7) is 6.49. The number of alkyl halides is 3. The molecule has 2 atom stereocenters. The molecule has 1 aromatic rings. The zero-order chi connectivity index (χ0) is 16.3. The van der Waals surface area contributed by atoms with Crippen molar-refractivity contribution in [3.63, 3.8) is 0 Å². The Morgan fingerprint density at radius 3 is 2.41 bits per heavy atom. The van der Waals surface area contributed by atoms with Crippen LogP contribution in [0.3, 0.4) is 0 Å². The quantitative estimate of drug-likeness (QED) is 0.849. The average molecular weight is 318 g/mol. The molecule has 124 valence electrons. The van der Waals surface area contributed by atoms with Gasteiger partial charge in [-0.2, -0.15) is 13.2 Å². The highest BCUT2D eigenvalue weighted by atomic mass is 19.4. The minimum atomic E-state index is -4.54. The molecule has 0 spiro atoms. The van der Waals surface area contributed by atoms with E-state index >= 15 is 0 Å². The molecule has 1 N–H and O–H groups in total. The van der Waals surface area contributed by atoms with Gasteiger partial charge in [-0.25, -0.2) is 4.39 Å². The van der Waals surface area contributed by atoms with Crippen LogP contribution in [0.5, 0.6) is 0 Å². The number of hydrogen-bond acceptors (Lipinski definition) is 2. The van der Waals surface area contributed by atoms with Crippen molar-refractivity contribution < 1.29 is 17.6 Å². The Bertz CT molecular complexity index is 495. The number of hydrogen-bond donors (Lipinski definition) is 1. The molecule has 22 heavy (non-hydrogen) atoms. The summed E-state index contributed by atoms with van der Waals surface area (Å²) in [5.41, 5.74) is -1.05. The number of benzene rings is 1. The van der Waals surface area contributed by atoms with Crippen molar-refractivity contribution in [2.75, 3.05) is 26.2 Å². The standard InChI is InChI=1S/C16H22F4N2/c1-3-11(2)15(22-9-7-21-8-10-22)14-12(16(18,19)20)5-4-6-13(14)17/h4-6,11,15,21H,3,7-10H2,1-2H3/t11?,15-/m0/s1. The van der Waals surface area contributed by atoms with E-state index in [0.717, 1.165) is 18.2 Å². The summed E-state index contributed by atoms with van der Waals surface area (Å²) < 4.78 is 54.3. The maximum Gasteiger partial charge on any atom is 0.416 e. The molecule has 0 bridgehead atoms. The van der Waals surface area contributed by atoms with E-state index in [1.54, 1.807) is 0 Å². The van der Waals surface area contributed by atoms with Crippen LogP contribution in [0.1, 0.15) is 37.4 Å². The molecular weight excluding hydrogens is 296 g/mol. The zero-order valence-electron chi connectivity index (χ0n) is 12.9. The van der Waals surface area contributed by atoms with Crippen molar-refractivity contribution in [1.29, 1.82) is 0 Å². The third kappa shape index (κ3) is 3.60. The van der Waals surface area contributed by atoms with Crippen molar-refractivity contribution >= 4 is 0 Å². The van der Waals surface area contributed by atoms with Crippen LogP contribution < -0.4 is 5.32 Å². The first-order valence-corrected chi connectivity index (χ1v) is 7.66. The first kappa shape index (κ1) is 17.2. The zero-order valence-corrected chi connectivity index (χ0v) is 12.9. The summed E-state index contributed by atoms with van der Waals surface area (Å²) >= 11 is 0. The second kappa shape index (κ2) is 6.96. The van der Waals surface area contributed by atoms with Gasteiger partial charge in [0.2, 0.25) is 0 Å². The second-order valence-corrected chi connectivity index (χ2v) is 5.82. The number of halogens is 4. The van der Waals surface area contributed by atoms with Crippen LogP contribution >= 0.6 is 0 Å². The Hall–Kier alpha value is -1.14. The van der Waals surface area contributed by atoms with E-state index in [9.17, 15) is 17.6 Å². The molecule has 0 amide bonds. The van der Waals surface area contributed by atoms with Gasteiger partial charge < -0.3 is 5.32 Å². The van der Waals surface area contributed by atoms with Gasteiger partial charge in [-0.15, -0.1) is 0 Å². The van der Waals surface area contributed by atoms with Crippen LogP contribution in [0.25, 0.3) is 0 Å². The van der Waals surface area contributed by atoms with Gasteiger partial charge in [-0.3, -0.25) is 4.90 Å². The highest BCUT2D eigenvalue weighted by molar-refractivity contribution is 5.34. The largest absolute Gasteiger partial charge is 0.416 e. The van der Waals surface area contributed by atoms with Gasteiger partial charge in [0.25, 0.3) is 0 Å². The summed E-state index contributed by atoms with van der Waals surface area (Å²) in [5.74, 6) is -0.824. The van der Waals surface area contributed by atoms with Gasteiger partial charge in [0.1, 0.15) is 5.82 Å². The predicted molar refractivity (Wildman–Crippen MR) is 78.0 cm³/mol. The smallest absolute Gasteiger partial charge is 0.314 e. The molecule has 0 aliphatic carbocycles. The van der Waals surface area contributed by atoms with E-state index in [2.05, 4.69) is 5.32 Å². The van der Waals surface area contributed by atoms with Crippen LogP contribution in [0, 0.1) is 11.7 Å². The lowest BCUT2D eigenvalue weighted by atomic mass is 9.87. The van der Waals surface area contributed by atoms with Crippen molar-refractivity contribution in [1.82, 2.24) is 10.2 Å². The maximum absolute atomic E-state index is 14.3. The van der Waals surface area contributed by atoms with Gasteiger partial charge in [-0.1, -0.05) is 26.3 Å². The van der Waals surface area contributed by atoms with Gasteiger partial charge in [0.15, 0.2) is 0 Å². The molecule has 1 saturated heterocycles. The molecule has 2 rings (SSSR count).